The molecule has 1 aliphatic rings. The van der Waals surface area contributed by atoms with Crippen molar-refractivity contribution in [2.75, 3.05) is 0 Å². The zero-order valence-corrected chi connectivity index (χ0v) is 15.0. The van der Waals surface area contributed by atoms with Crippen LogP contribution >= 0.6 is 0 Å². The maximum absolute atomic E-state index is 13.0. The molecule has 2 aromatic heterocycles. The largest absolute Gasteiger partial charge is 0.348 e. The molecule has 1 atom stereocenters. The van der Waals surface area contributed by atoms with Crippen LogP contribution in [-0.4, -0.2) is 31.1 Å². The van der Waals surface area contributed by atoms with E-state index in [2.05, 4.69) is 30.5 Å². The third-order valence-electron chi connectivity index (χ3n) is 5.07. The number of nitrogens with one attached hydrogen (secondary N) is 2. The van der Waals surface area contributed by atoms with Gasteiger partial charge in [-0.15, -0.1) is 0 Å². The maximum atomic E-state index is 13.0. The Labute approximate surface area is 157 Å². The molecule has 2 heterocycles. The highest BCUT2D eigenvalue weighted by Crippen LogP contribution is 2.37. The minimum atomic E-state index is -0.115. The Balaban J connectivity index is 1.45. The van der Waals surface area contributed by atoms with Crippen LogP contribution in [0.25, 0.3) is 11.5 Å². The molecule has 0 radical (unpaired) electrons. The van der Waals surface area contributed by atoms with E-state index in [0.717, 1.165) is 18.4 Å². The Morgan fingerprint density at radius 3 is 2.74 bits per heavy atom. The lowest BCUT2D eigenvalue weighted by molar-refractivity contribution is -0.124. The molecular weight excluding hydrogens is 340 g/mol. The molecule has 0 spiro atoms. The summed E-state index contributed by atoms with van der Waals surface area (Å²) in [6, 6.07) is 10.1. The summed E-state index contributed by atoms with van der Waals surface area (Å²) in [5, 5.41) is 10.0. The first-order valence-electron chi connectivity index (χ1n) is 9.31. The van der Waals surface area contributed by atoms with Gasteiger partial charge in [0.25, 0.3) is 0 Å². The fraction of sp³-hybridized carbons (Fsp3) is 0.350. The molecule has 7 heteroatoms. The third-order valence-corrected chi connectivity index (χ3v) is 5.07. The van der Waals surface area contributed by atoms with Crippen LogP contribution in [0.2, 0.25) is 0 Å². The summed E-state index contributed by atoms with van der Waals surface area (Å²) in [4.78, 5) is 25.6. The minimum absolute atomic E-state index is 0.0468. The Bertz CT molecular complexity index is 874. The van der Waals surface area contributed by atoms with Gasteiger partial charge in [0.2, 0.25) is 11.7 Å². The smallest absolute Gasteiger partial charge is 0.228 e. The van der Waals surface area contributed by atoms with Gasteiger partial charge in [-0.2, -0.15) is 5.10 Å². The summed E-state index contributed by atoms with van der Waals surface area (Å²) in [7, 11) is 0. The molecule has 1 saturated carbocycles. The van der Waals surface area contributed by atoms with Gasteiger partial charge in [-0.05, 0) is 24.3 Å². The van der Waals surface area contributed by atoms with Crippen molar-refractivity contribution in [2.45, 2.75) is 38.1 Å². The van der Waals surface area contributed by atoms with Crippen LogP contribution in [0.15, 0.2) is 48.9 Å². The summed E-state index contributed by atoms with van der Waals surface area (Å²) in [5.74, 6) is 1.41. The molecule has 2 N–H and O–H groups in total. The highest BCUT2D eigenvalue weighted by atomic mass is 16.1. The van der Waals surface area contributed by atoms with Crippen molar-refractivity contribution in [3.05, 3.63) is 60.3 Å². The number of aromatic amines is 1. The molecule has 1 amide bonds. The number of H-pyrrole nitrogens is 1. The van der Waals surface area contributed by atoms with E-state index < -0.39 is 0 Å². The second-order valence-corrected chi connectivity index (χ2v) is 6.85. The monoisotopic (exact) mass is 362 g/mol. The van der Waals surface area contributed by atoms with Crippen molar-refractivity contribution in [3.63, 3.8) is 0 Å². The average Bonchev–Trinajstić information content (AvgIpc) is 3.41. The zero-order chi connectivity index (χ0) is 18.5. The maximum Gasteiger partial charge on any atom is 0.228 e. The summed E-state index contributed by atoms with van der Waals surface area (Å²) in [5.41, 5.74) is 1.68. The van der Waals surface area contributed by atoms with E-state index in [1.165, 1.54) is 12.8 Å². The van der Waals surface area contributed by atoms with Gasteiger partial charge >= 0.3 is 0 Å². The number of rotatable bonds is 6. The number of carbonyl (C=O) groups excluding carboxylic acids is 1. The first-order chi connectivity index (χ1) is 13.3. The number of aromatic nitrogens is 5. The number of amides is 1. The third kappa shape index (κ3) is 4.02. The van der Waals surface area contributed by atoms with Crippen LogP contribution in [0.4, 0.5) is 0 Å². The number of hydrogen-bond donors (Lipinski definition) is 2. The normalized spacial score (nSPS) is 15.6. The number of nitrogens with zero attached hydrogens (tertiary/aromatic N) is 4. The predicted molar refractivity (Wildman–Crippen MR) is 100 cm³/mol. The molecule has 0 saturated heterocycles. The van der Waals surface area contributed by atoms with E-state index in [1.54, 1.807) is 18.6 Å². The summed E-state index contributed by atoms with van der Waals surface area (Å²) < 4.78 is 0. The SMILES string of the molecule is O=C(NCc1nc(-c2cnccn2)n[nH]1)C(c1ccccc1)C1CCCC1. The van der Waals surface area contributed by atoms with Gasteiger partial charge in [0, 0.05) is 12.4 Å². The summed E-state index contributed by atoms with van der Waals surface area (Å²) in [6.45, 7) is 0.308. The second-order valence-electron chi connectivity index (χ2n) is 6.85. The van der Waals surface area contributed by atoms with E-state index in [4.69, 9.17) is 0 Å². The van der Waals surface area contributed by atoms with Gasteiger partial charge in [0.05, 0.1) is 18.7 Å². The predicted octanol–water partition coefficient (Wildman–Crippen LogP) is 2.85. The van der Waals surface area contributed by atoms with Crippen molar-refractivity contribution in [3.8, 4) is 11.5 Å². The van der Waals surface area contributed by atoms with E-state index >= 15 is 0 Å². The number of hydrogen-bond acceptors (Lipinski definition) is 5. The van der Waals surface area contributed by atoms with Crippen molar-refractivity contribution in [2.24, 2.45) is 5.92 Å². The van der Waals surface area contributed by atoms with Crippen LogP contribution in [-0.2, 0) is 11.3 Å². The highest BCUT2D eigenvalue weighted by Gasteiger charge is 2.31. The Morgan fingerprint density at radius 2 is 2.00 bits per heavy atom. The molecule has 4 rings (SSSR count). The molecule has 1 fully saturated rings. The Hall–Kier alpha value is -3.09. The van der Waals surface area contributed by atoms with Gasteiger partial charge in [-0.25, -0.2) is 9.97 Å². The molecule has 0 aliphatic heterocycles. The molecule has 1 aromatic carbocycles. The minimum Gasteiger partial charge on any atom is -0.348 e. The van der Waals surface area contributed by atoms with Crippen molar-refractivity contribution in [1.29, 1.82) is 0 Å². The fourth-order valence-corrected chi connectivity index (χ4v) is 3.77. The lowest BCUT2D eigenvalue weighted by Gasteiger charge is -2.23. The molecule has 0 bridgehead atoms. The van der Waals surface area contributed by atoms with E-state index in [1.807, 2.05) is 30.3 Å². The lowest BCUT2D eigenvalue weighted by Crippen LogP contribution is -2.32. The quantitative estimate of drug-likeness (QED) is 0.703. The molecule has 1 unspecified atom stereocenters. The van der Waals surface area contributed by atoms with E-state index in [9.17, 15) is 4.79 Å². The zero-order valence-electron chi connectivity index (χ0n) is 15.0. The van der Waals surface area contributed by atoms with Crippen LogP contribution in [0.5, 0.6) is 0 Å². The molecule has 7 nitrogen and oxygen atoms in total. The molecule has 27 heavy (non-hydrogen) atoms. The standard InChI is InChI=1S/C20H22N6O/c27-20(18(15-8-4-5-9-15)14-6-2-1-3-7-14)23-13-17-24-19(26-25-17)16-12-21-10-11-22-16/h1-3,6-7,10-12,15,18H,4-5,8-9,13H2,(H,23,27)(H,24,25,26). The van der Waals surface area contributed by atoms with Gasteiger partial charge in [-0.1, -0.05) is 43.2 Å². The lowest BCUT2D eigenvalue weighted by atomic mass is 9.84. The van der Waals surface area contributed by atoms with Gasteiger partial charge in [-0.3, -0.25) is 14.9 Å². The molecule has 3 aromatic rings. The van der Waals surface area contributed by atoms with Crippen LogP contribution in [0.3, 0.4) is 0 Å². The summed E-state index contributed by atoms with van der Waals surface area (Å²) >= 11 is 0. The van der Waals surface area contributed by atoms with Gasteiger partial charge in [0.15, 0.2) is 0 Å². The van der Waals surface area contributed by atoms with Gasteiger partial charge in [0.1, 0.15) is 11.5 Å². The van der Waals surface area contributed by atoms with Crippen molar-refractivity contribution < 1.29 is 4.79 Å². The van der Waals surface area contributed by atoms with E-state index in [-0.39, 0.29) is 11.8 Å². The van der Waals surface area contributed by atoms with Crippen LogP contribution in [0.1, 0.15) is 43.0 Å². The Kier molecular flexibility index (Phi) is 5.18. The van der Waals surface area contributed by atoms with E-state index in [0.29, 0.717) is 29.8 Å². The highest BCUT2D eigenvalue weighted by molar-refractivity contribution is 5.84. The molecule has 1 aliphatic carbocycles. The second kappa shape index (κ2) is 8.07. The summed E-state index contributed by atoms with van der Waals surface area (Å²) in [6.07, 6.45) is 9.41. The van der Waals surface area contributed by atoms with Gasteiger partial charge < -0.3 is 5.32 Å². The van der Waals surface area contributed by atoms with Crippen LogP contribution in [0, 0.1) is 5.92 Å². The van der Waals surface area contributed by atoms with Crippen LogP contribution < -0.4 is 5.32 Å². The Morgan fingerprint density at radius 1 is 1.19 bits per heavy atom. The van der Waals surface area contributed by atoms with Crippen molar-refractivity contribution >= 4 is 5.91 Å². The first-order valence-corrected chi connectivity index (χ1v) is 9.31. The fourth-order valence-electron chi connectivity index (χ4n) is 3.77. The topological polar surface area (TPSA) is 96.5 Å². The number of benzene rings is 1. The molecule has 138 valence electrons. The molecular formula is C20H22N6O. The number of carbonyl (C=O) groups is 1. The average molecular weight is 362 g/mol. The first kappa shape index (κ1) is 17.3. The van der Waals surface area contributed by atoms with Crippen molar-refractivity contribution in [1.82, 2.24) is 30.5 Å².